The second kappa shape index (κ2) is 3.26. The van der Waals surface area contributed by atoms with E-state index in [0.29, 0.717) is 11.8 Å². The predicted molar refractivity (Wildman–Crippen MR) is 51.1 cm³/mol. The van der Waals surface area contributed by atoms with Crippen molar-refractivity contribution >= 4 is 5.69 Å². The van der Waals surface area contributed by atoms with E-state index in [0.717, 1.165) is 24.5 Å². The van der Waals surface area contributed by atoms with Crippen molar-refractivity contribution in [1.82, 2.24) is 0 Å². The summed E-state index contributed by atoms with van der Waals surface area (Å²) in [5.41, 5.74) is 2.14. The largest absolute Gasteiger partial charge is 0.508 e. The number of anilines is 1. The topological polar surface area (TPSA) is 41.5 Å². The molecule has 0 aromatic heterocycles. The fraction of sp³-hybridized carbons (Fsp3) is 0.400. The number of nitrogens with one attached hydrogen (secondary N) is 1. The molecule has 1 aliphatic rings. The Labute approximate surface area is 77.3 Å². The lowest BCUT2D eigenvalue weighted by Crippen LogP contribution is -2.40. The second-order valence-corrected chi connectivity index (χ2v) is 3.38. The maximum absolute atomic E-state index is 9.19. The summed E-state index contributed by atoms with van der Waals surface area (Å²) in [5, 5.41) is 12.5. The number of phenolic OH excluding ortho intramolecular Hbond substituents is 1. The van der Waals surface area contributed by atoms with Gasteiger partial charge in [0, 0.05) is 5.69 Å². The summed E-state index contributed by atoms with van der Waals surface area (Å²) in [4.78, 5) is 0. The molecule has 3 heteroatoms. The summed E-state index contributed by atoms with van der Waals surface area (Å²) in [5.74, 6) is 0.313. The Morgan fingerprint density at radius 3 is 2.77 bits per heavy atom. The summed E-state index contributed by atoms with van der Waals surface area (Å²) in [6, 6.07) is 5.77. The molecule has 1 aromatic carbocycles. The molecule has 13 heavy (non-hydrogen) atoms. The summed E-state index contributed by atoms with van der Waals surface area (Å²) >= 11 is 0. The molecule has 3 nitrogen and oxygen atoms in total. The third-order valence-electron chi connectivity index (χ3n) is 2.21. The second-order valence-electron chi connectivity index (χ2n) is 3.38. The highest BCUT2D eigenvalue weighted by Gasteiger charge is 2.18. The minimum absolute atomic E-state index is 0.313. The van der Waals surface area contributed by atoms with Crippen LogP contribution < -0.4 is 5.32 Å². The first-order valence-electron chi connectivity index (χ1n) is 4.39. The van der Waals surface area contributed by atoms with Gasteiger partial charge in [-0.1, -0.05) is 0 Å². The fourth-order valence-electron chi connectivity index (χ4n) is 1.35. The quantitative estimate of drug-likeness (QED) is 0.676. The minimum atomic E-state index is 0.313. The molecule has 0 saturated carbocycles. The monoisotopic (exact) mass is 179 g/mol. The number of hydrogen-bond acceptors (Lipinski definition) is 3. The van der Waals surface area contributed by atoms with E-state index in [2.05, 4.69) is 5.32 Å². The minimum Gasteiger partial charge on any atom is -0.508 e. The van der Waals surface area contributed by atoms with Crippen LogP contribution in [-0.4, -0.2) is 24.4 Å². The van der Waals surface area contributed by atoms with E-state index in [4.69, 9.17) is 4.74 Å². The van der Waals surface area contributed by atoms with E-state index in [1.165, 1.54) is 0 Å². The van der Waals surface area contributed by atoms with Gasteiger partial charge in [0.15, 0.2) is 0 Å². The standard InChI is InChI=1S/C10H13NO2/c1-7-4-9(12)2-3-10(7)11-8-5-13-6-8/h2-4,8,11-12H,5-6H2,1H3. The van der Waals surface area contributed by atoms with Crippen LogP contribution in [-0.2, 0) is 4.74 Å². The number of phenols is 1. The molecule has 0 aliphatic carbocycles. The van der Waals surface area contributed by atoms with E-state index < -0.39 is 0 Å². The molecule has 0 spiro atoms. The smallest absolute Gasteiger partial charge is 0.115 e. The molecule has 0 unspecified atom stereocenters. The van der Waals surface area contributed by atoms with Crippen molar-refractivity contribution in [3.63, 3.8) is 0 Å². The maximum Gasteiger partial charge on any atom is 0.115 e. The highest BCUT2D eigenvalue weighted by molar-refractivity contribution is 5.54. The van der Waals surface area contributed by atoms with E-state index >= 15 is 0 Å². The fourth-order valence-corrected chi connectivity index (χ4v) is 1.35. The Morgan fingerprint density at radius 2 is 2.23 bits per heavy atom. The van der Waals surface area contributed by atoms with Gasteiger partial charge in [-0.15, -0.1) is 0 Å². The van der Waals surface area contributed by atoms with Gasteiger partial charge < -0.3 is 15.2 Å². The van der Waals surface area contributed by atoms with Crippen LogP contribution in [0.15, 0.2) is 18.2 Å². The summed E-state index contributed by atoms with van der Waals surface area (Å²) in [7, 11) is 0. The molecule has 1 heterocycles. The SMILES string of the molecule is Cc1cc(O)ccc1NC1COC1. The molecular weight excluding hydrogens is 166 g/mol. The van der Waals surface area contributed by atoms with Crippen LogP contribution in [0.4, 0.5) is 5.69 Å². The van der Waals surface area contributed by atoms with Gasteiger partial charge >= 0.3 is 0 Å². The average Bonchev–Trinajstić information content (AvgIpc) is 1.99. The van der Waals surface area contributed by atoms with Gasteiger partial charge in [0.1, 0.15) is 5.75 Å². The molecule has 1 fully saturated rings. The molecular formula is C10H13NO2. The van der Waals surface area contributed by atoms with Gasteiger partial charge in [-0.2, -0.15) is 0 Å². The first kappa shape index (κ1) is 8.38. The zero-order chi connectivity index (χ0) is 9.26. The lowest BCUT2D eigenvalue weighted by molar-refractivity contribution is 0.0211. The number of ether oxygens (including phenoxy) is 1. The molecule has 0 atom stereocenters. The lowest BCUT2D eigenvalue weighted by atomic mass is 10.1. The summed E-state index contributed by atoms with van der Waals surface area (Å²) in [6.45, 7) is 3.53. The number of rotatable bonds is 2. The van der Waals surface area contributed by atoms with E-state index in [1.54, 1.807) is 12.1 Å². The predicted octanol–water partition coefficient (Wildman–Crippen LogP) is 1.51. The Bertz CT molecular complexity index is 308. The molecule has 2 N–H and O–H groups in total. The van der Waals surface area contributed by atoms with Crippen LogP contribution in [0.25, 0.3) is 0 Å². The highest BCUT2D eigenvalue weighted by atomic mass is 16.5. The summed E-state index contributed by atoms with van der Waals surface area (Å²) in [6.07, 6.45) is 0. The third kappa shape index (κ3) is 1.75. The number of aromatic hydroxyl groups is 1. The first-order chi connectivity index (χ1) is 6.25. The maximum atomic E-state index is 9.19. The van der Waals surface area contributed by atoms with Gasteiger partial charge in [-0.25, -0.2) is 0 Å². The molecule has 0 radical (unpaired) electrons. The van der Waals surface area contributed by atoms with Gasteiger partial charge in [-0.3, -0.25) is 0 Å². The first-order valence-corrected chi connectivity index (χ1v) is 4.39. The number of benzene rings is 1. The number of hydrogen-bond donors (Lipinski definition) is 2. The van der Waals surface area contributed by atoms with Gasteiger partial charge in [-0.05, 0) is 30.7 Å². The molecule has 0 bridgehead atoms. The summed E-state index contributed by atoms with van der Waals surface area (Å²) < 4.78 is 5.06. The molecule has 70 valence electrons. The van der Waals surface area contributed by atoms with E-state index in [1.807, 2.05) is 13.0 Å². The van der Waals surface area contributed by atoms with Crippen molar-refractivity contribution < 1.29 is 9.84 Å². The Balaban J connectivity index is 2.10. The van der Waals surface area contributed by atoms with Crippen LogP contribution in [0.1, 0.15) is 5.56 Å². The average molecular weight is 179 g/mol. The zero-order valence-electron chi connectivity index (χ0n) is 7.58. The van der Waals surface area contributed by atoms with Crippen LogP contribution in [0.3, 0.4) is 0 Å². The number of aryl methyl sites for hydroxylation is 1. The van der Waals surface area contributed by atoms with E-state index in [-0.39, 0.29) is 0 Å². The van der Waals surface area contributed by atoms with Crippen LogP contribution in [0.2, 0.25) is 0 Å². The molecule has 1 saturated heterocycles. The van der Waals surface area contributed by atoms with Crippen molar-refractivity contribution in [3.8, 4) is 5.75 Å². The van der Waals surface area contributed by atoms with E-state index in [9.17, 15) is 5.11 Å². The Kier molecular flexibility index (Phi) is 2.10. The van der Waals surface area contributed by atoms with Crippen LogP contribution in [0.5, 0.6) is 5.75 Å². The van der Waals surface area contributed by atoms with Gasteiger partial charge in [0.05, 0.1) is 19.3 Å². The molecule has 0 amide bonds. The molecule has 1 aromatic rings. The van der Waals surface area contributed by atoms with Gasteiger partial charge in [0.2, 0.25) is 0 Å². The lowest BCUT2D eigenvalue weighted by Gasteiger charge is -2.28. The third-order valence-corrected chi connectivity index (χ3v) is 2.21. The van der Waals surface area contributed by atoms with Crippen molar-refractivity contribution in [2.24, 2.45) is 0 Å². The molecule has 2 rings (SSSR count). The van der Waals surface area contributed by atoms with Crippen molar-refractivity contribution in [1.29, 1.82) is 0 Å². The van der Waals surface area contributed by atoms with Crippen LogP contribution >= 0.6 is 0 Å². The Morgan fingerprint density at radius 1 is 1.46 bits per heavy atom. The zero-order valence-corrected chi connectivity index (χ0v) is 7.58. The van der Waals surface area contributed by atoms with Crippen LogP contribution in [0, 0.1) is 6.92 Å². The van der Waals surface area contributed by atoms with Crippen molar-refractivity contribution in [2.75, 3.05) is 18.5 Å². The normalized spacial score (nSPS) is 16.7. The highest BCUT2D eigenvalue weighted by Crippen LogP contribution is 2.21. The van der Waals surface area contributed by atoms with Crippen molar-refractivity contribution in [3.05, 3.63) is 23.8 Å². The Hall–Kier alpha value is -1.22. The van der Waals surface area contributed by atoms with Crippen molar-refractivity contribution in [2.45, 2.75) is 13.0 Å². The van der Waals surface area contributed by atoms with Gasteiger partial charge in [0.25, 0.3) is 0 Å². The molecule has 1 aliphatic heterocycles.